The van der Waals surface area contributed by atoms with Crippen molar-refractivity contribution in [1.82, 2.24) is 0 Å². The average Bonchev–Trinajstić information content (AvgIpc) is 3.19. The molecule has 34 heavy (non-hydrogen) atoms. The monoisotopic (exact) mass is 466 g/mol. The minimum Gasteiger partial charge on any atom is -0.453 e. The van der Waals surface area contributed by atoms with Crippen LogP contribution < -0.4 is 0 Å². The molecule has 1 aliphatic heterocycles. The molecule has 3 fully saturated rings. The molecule has 0 amide bonds. The molecule has 5 rings (SSSR count). The Hall–Kier alpha value is -2.24. The van der Waals surface area contributed by atoms with E-state index in [4.69, 9.17) is 4.74 Å². The summed E-state index contributed by atoms with van der Waals surface area (Å²) < 4.78 is 20.5. The van der Waals surface area contributed by atoms with Crippen LogP contribution in [0.15, 0.2) is 54.6 Å². The number of carbonyl (C=O) groups is 1. The molecule has 0 spiro atoms. The van der Waals surface area contributed by atoms with Gasteiger partial charge in [0, 0.05) is 17.9 Å². The van der Waals surface area contributed by atoms with Crippen molar-refractivity contribution in [3.63, 3.8) is 0 Å². The number of aliphatic hydroxyl groups is 1. The van der Waals surface area contributed by atoms with Crippen LogP contribution in [0.3, 0.4) is 0 Å². The summed E-state index contributed by atoms with van der Waals surface area (Å²) in [5, 5.41) is 12.0. The fourth-order valence-corrected chi connectivity index (χ4v) is 7.05. The number of nitrogens with zero attached hydrogens (tertiary/aromatic N) is 1. The number of hydrogen-bond acceptors (Lipinski definition) is 3. The molecule has 0 radical (unpaired) electrons. The zero-order valence-electron chi connectivity index (χ0n) is 20.2. The van der Waals surface area contributed by atoms with Gasteiger partial charge in [0.15, 0.2) is 11.7 Å². The fourth-order valence-electron chi connectivity index (χ4n) is 7.05. The molecule has 1 heterocycles. The fraction of sp³-hybridized carbons (Fsp3) is 0.552. The predicted octanol–water partition coefficient (Wildman–Crippen LogP) is 5.33. The minimum atomic E-state index is -1.60. The Bertz CT molecular complexity index is 988. The lowest BCUT2D eigenvalue weighted by atomic mass is 9.77. The van der Waals surface area contributed by atoms with E-state index in [1.54, 1.807) is 0 Å². The summed E-state index contributed by atoms with van der Waals surface area (Å²) in [6.07, 6.45) is 7.94. The van der Waals surface area contributed by atoms with Crippen LogP contribution in [-0.4, -0.2) is 41.3 Å². The number of rotatable bonds is 6. The van der Waals surface area contributed by atoms with Gasteiger partial charge in [-0.25, -0.2) is 9.18 Å². The highest BCUT2D eigenvalue weighted by molar-refractivity contribution is 5.82. The Kier molecular flexibility index (Phi) is 6.51. The van der Waals surface area contributed by atoms with Crippen LogP contribution in [0, 0.1) is 17.7 Å². The lowest BCUT2D eigenvalue weighted by Gasteiger charge is -2.39. The van der Waals surface area contributed by atoms with E-state index in [1.807, 2.05) is 42.5 Å². The van der Waals surface area contributed by atoms with E-state index in [0.29, 0.717) is 11.5 Å². The molecular formula is C29H37FNO3+. The molecule has 182 valence electrons. The summed E-state index contributed by atoms with van der Waals surface area (Å²) in [6, 6.07) is 16.4. The molecule has 2 aromatic carbocycles. The molecule has 4 nitrogen and oxygen atoms in total. The highest BCUT2D eigenvalue weighted by Crippen LogP contribution is 2.47. The molecule has 3 aliphatic rings. The van der Waals surface area contributed by atoms with Crippen molar-refractivity contribution < 1.29 is 23.5 Å². The Labute approximate surface area is 202 Å². The highest BCUT2D eigenvalue weighted by atomic mass is 19.1. The first-order chi connectivity index (χ1) is 16.4. The molecule has 5 atom stereocenters. The van der Waals surface area contributed by atoms with Crippen LogP contribution in [-0.2, 0) is 21.7 Å². The second-order valence-electron chi connectivity index (χ2n) is 11.0. The van der Waals surface area contributed by atoms with Crippen LogP contribution in [0.2, 0.25) is 0 Å². The van der Waals surface area contributed by atoms with Gasteiger partial charge in [-0.05, 0) is 37.0 Å². The number of hydrogen-bond donors (Lipinski definition) is 1. The van der Waals surface area contributed by atoms with Gasteiger partial charge in [0.2, 0.25) is 0 Å². The second-order valence-corrected chi connectivity index (χ2v) is 11.0. The van der Waals surface area contributed by atoms with E-state index in [0.717, 1.165) is 74.5 Å². The Balaban J connectivity index is 1.38. The zero-order chi connectivity index (χ0) is 23.8. The van der Waals surface area contributed by atoms with Gasteiger partial charge < -0.3 is 14.3 Å². The second kappa shape index (κ2) is 9.43. The first-order valence-electron chi connectivity index (χ1n) is 13.0. The van der Waals surface area contributed by atoms with Gasteiger partial charge in [-0.2, -0.15) is 0 Å². The van der Waals surface area contributed by atoms with Crippen molar-refractivity contribution in [1.29, 1.82) is 0 Å². The number of likely N-dealkylation sites (N-methyl/N-ethyl adjacent to an activating group) is 1. The van der Waals surface area contributed by atoms with Gasteiger partial charge >= 0.3 is 5.97 Å². The molecule has 2 saturated carbocycles. The van der Waals surface area contributed by atoms with Crippen molar-refractivity contribution >= 4 is 5.97 Å². The van der Waals surface area contributed by atoms with E-state index in [1.165, 1.54) is 12.1 Å². The van der Waals surface area contributed by atoms with E-state index in [-0.39, 0.29) is 23.9 Å². The highest BCUT2D eigenvalue weighted by Gasteiger charge is 2.59. The average molecular weight is 467 g/mol. The predicted molar refractivity (Wildman–Crippen MR) is 129 cm³/mol. The third kappa shape index (κ3) is 4.29. The number of halogens is 1. The van der Waals surface area contributed by atoms with E-state index < -0.39 is 11.6 Å². The van der Waals surface area contributed by atoms with Crippen molar-refractivity contribution in [3.05, 3.63) is 71.5 Å². The van der Waals surface area contributed by atoms with Crippen molar-refractivity contribution in [2.24, 2.45) is 11.8 Å². The molecule has 4 unspecified atom stereocenters. The molecule has 1 N–H and O–H groups in total. The summed E-state index contributed by atoms with van der Waals surface area (Å²) in [6.45, 7) is 1.73. The lowest BCUT2D eigenvalue weighted by Crippen LogP contribution is -2.52. The van der Waals surface area contributed by atoms with Crippen LogP contribution in [0.5, 0.6) is 0 Å². The molecule has 2 aliphatic carbocycles. The maximum Gasteiger partial charge on any atom is 0.343 e. The van der Waals surface area contributed by atoms with E-state index >= 15 is 0 Å². The number of likely N-dealkylation sites (tertiary alicyclic amines) is 1. The zero-order valence-corrected chi connectivity index (χ0v) is 20.2. The van der Waals surface area contributed by atoms with Gasteiger partial charge in [0.05, 0.1) is 19.5 Å². The number of esters is 1. The largest absolute Gasteiger partial charge is 0.453 e. The molecule has 0 aromatic heterocycles. The SMILES string of the molecule is C[N+]1(Cc2ccc(F)cc2)CC2CC[C@H]1C2OC(=O)C(O)(c1ccccc1)C1CCCCCC1. The first kappa shape index (κ1) is 23.5. The van der Waals surface area contributed by atoms with E-state index in [9.17, 15) is 14.3 Å². The summed E-state index contributed by atoms with van der Waals surface area (Å²) >= 11 is 0. The maximum atomic E-state index is 13.8. The maximum absolute atomic E-state index is 13.8. The first-order valence-corrected chi connectivity index (χ1v) is 13.0. The van der Waals surface area contributed by atoms with Gasteiger partial charge in [-0.1, -0.05) is 68.1 Å². The Morgan fingerprint density at radius 3 is 2.35 bits per heavy atom. The van der Waals surface area contributed by atoms with Crippen LogP contribution in [0.4, 0.5) is 4.39 Å². The number of carbonyl (C=O) groups excluding carboxylic acids is 1. The summed E-state index contributed by atoms with van der Waals surface area (Å²) in [7, 11) is 2.22. The third-order valence-electron chi connectivity index (χ3n) is 8.80. The normalized spacial score (nSPS) is 31.1. The lowest BCUT2D eigenvalue weighted by molar-refractivity contribution is -0.939. The third-order valence-corrected chi connectivity index (χ3v) is 8.80. The van der Waals surface area contributed by atoms with Crippen molar-refractivity contribution in [2.45, 2.75) is 75.7 Å². The molecule has 2 aromatic rings. The van der Waals surface area contributed by atoms with Crippen LogP contribution in [0.1, 0.15) is 62.5 Å². The molecule has 5 heteroatoms. The van der Waals surface area contributed by atoms with Crippen molar-refractivity contribution in [2.75, 3.05) is 13.6 Å². The van der Waals surface area contributed by atoms with Crippen molar-refractivity contribution in [3.8, 4) is 0 Å². The number of benzene rings is 2. The molecular weight excluding hydrogens is 429 g/mol. The van der Waals surface area contributed by atoms with E-state index in [2.05, 4.69) is 7.05 Å². The number of quaternary nitrogens is 1. The van der Waals surface area contributed by atoms with Gasteiger partial charge in [-0.3, -0.25) is 0 Å². The summed E-state index contributed by atoms with van der Waals surface area (Å²) in [5.41, 5.74) is 0.148. The van der Waals surface area contributed by atoms with Gasteiger partial charge in [-0.15, -0.1) is 0 Å². The smallest absolute Gasteiger partial charge is 0.343 e. The topological polar surface area (TPSA) is 46.5 Å². The van der Waals surface area contributed by atoms with Gasteiger partial charge in [0.25, 0.3) is 0 Å². The number of ether oxygens (including phenoxy) is 1. The quantitative estimate of drug-likeness (QED) is 0.355. The summed E-state index contributed by atoms with van der Waals surface area (Å²) in [4.78, 5) is 13.8. The summed E-state index contributed by atoms with van der Waals surface area (Å²) in [5.74, 6) is -0.514. The Morgan fingerprint density at radius 2 is 1.68 bits per heavy atom. The number of fused-ring (bicyclic) bond motifs is 2. The van der Waals surface area contributed by atoms with Crippen LogP contribution in [0.25, 0.3) is 0 Å². The minimum absolute atomic E-state index is 0.121. The molecule has 1 saturated heterocycles. The standard InChI is InChI=1S/C29H37FNO3/c1-31(19-21-13-16-25(30)17-14-21)20-22-15-18-26(31)27(22)34-28(32)29(33,24-11-7-4-8-12-24)23-9-5-2-3-6-10-23/h4,7-8,11-14,16-17,22-23,26-27,33H,2-3,5-6,9-10,15,18-20H2,1H3/q+1/t22?,26-,27?,29?,31?/m0/s1. The molecule has 2 bridgehead atoms. The Morgan fingerprint density at radius 1 is 1.00 bits per heavy atom. The van der Waals surface area contributed by atoms with Gasteiger partial charge in [0.1, 0.15) is 18.4 Å². The number of piperidine rings is 1. The van der Waals surface area contributed by atoms with Crippen LogP contribution >= 0.6 is 0 Å².